The minimum atomic E-state index is -0.567. The van der Waals surface area contributed by atoms with Crippen molar-refractivity contribution in [2.75, 3.05) is 6.61 Å². The van der Waals surface area contributed by atoms with Crippen molar-refractivity contribution in [2.45, 2.75) is 25.0 Å². The van der Waals surface area contributed by atoms with Gasteiger partial charge in [0, 0.05) is 24.8 Å². The van der Waals surface area contributed by atoms with Gasteiger partial charge < -0.3 is 9.90 Å². The van der Waals surface area contributed by atoms with Crippen molar-refractivity contribution < 1.29 is 18.7 Å². The smallest absolute Gasteiger partial charge is 0.141 e. The van der Waals surface area contributed by atoms with Crippen molar-refractivity contribution in [2.24, 2.45) is 0 Å². The number of hydrogen-bond donors (Lipinski definition) is 1. The molecule has 2 unspecified atom stereocenters. The number of hydrogen-bond acceptors (Lipinski definition) is 3. The number of carbonyl (C=O) groups is 1. The van der Waals surface area contributed by atoms with E-state index < -0.39 is 6.04 Å². The lowest BCUT2D eigenvalue weighted by molar-refractivity contribution is -0.113. The van der Waals surface area contributed by atoms with E-state index in [-0.39, 0.29) is 24.3 Å². The number of fused-ring (bicyclic) bond motifs is 1. The molecule has 0 spiro atoms. The molecule has 0 saturated heterocycles. The Bertz CT molecular complexity index is 703. The molecule has 1 aliphatic heterocycles. The Labute approximate surface area is 133 Å². The largest absolute Gasteiger partial charge is 0.396 e. The van der Waals surface area contributed by atoms with Crippen LogP contribution in [0.2, 0.25) is 0 Å². The second kappa shape index (κ2) is 6.56. The van der Waals surface area contributed by atoms with Crippen LogP contribution in [-0.2, 0) is 11.3 Å². The number of aliphatic hydroxyl groups excluding tert-OH is 1. The predicted molar refractivity (Wildman–Crippen MR) is 81.6 cm³/mol. The van der Waals surface area contributed by atoms with Crippen LogP contribution in [0.3, 0.4) is 0 Å². The molecule has 2 atom stereocenters. The van der Waals surface area contributed by atoms with Crippen LogP contribution in [0.25, 0.3) is 0 Å². The summed E-state index contributed by atoms with van der Waals surface area (Å²) in [5.41, 5.74) is 1.94. The summed E-state index contributed by atoms with van der Waals surface area (Å²) in [7, 11) is 0. The monoisotopic (exact) mass is 317 g/mol. The summed E-state index contributed by atoms with van der Waals surface area (Å²) in [6.45, 7) is 0.270. The van der Waals surface area contributed by atoms with E-state index in [0.29, 0.717) is 24.1 Å². The Kier molecular flexibility index (Phi) is 4.50. The molecule has 0 amide bonds. The Hall–Kier alpha value is -2.11. The van der Waals surface area contributed by atoms with E-state index in [1.165, 1.54) is 18.2 Å². The summed E-state index contributed by atoms with van der Waals surface area (Å²) in [4.78, 5) is 13.5. The number of aliphatic hydroxyl groups is 1. The number of nitrogens with zero attached hydrogens (tertiary/aromatic N) is 1. The van der Waals surface area contributed by atoms with Crippen molar-refractivity contribution in [3.05, 3.63) is 70.8 Å². The fourth-order valence-corrected chi connectivity index (χ4v) is 3.29. The van der Waals surface area contributed by atoms with E-state index in [9.17, 15) is 18.7 Å². The van der Waals surface area contributed by atoms with Gasteiger partial charge in [-0.25, -0.2) is 8.78 Å². The van der Waals surface area contributed by atoms with Gasteiger partial charge in [-0.05, 0) is 35.7 Å². The standard InChI is InChI=1S/C18H17F2NO2/c19-13-6-4-12(5-7-13)10-21-16(8-9-22)18-14(17(21)11-23)2-1-3-15(18)20/h1-7,11,16-17,22H,8-10H2. The SMILES string of the molecule is O=CC1c2cccc(F)c2C(CCO)N1Cc1ccc(F)cc1. The van der Waals surface area contributed by atoms with E-state index in [4.69, 9.17) is 0 Å². The van der Waals surface area contributed by atoms with Gasteiger partial charge in [0.25, 0.3) is 0 Å². The van der Waals surface area contributed by atoms with Crippen molar-refractivity contribution in [1.82, 2.24) is 4.90 Å². The van der Waals surface area contributed by atoms with E-state index >= 15 is 0 Å². The quantitative estimate of drug-likeness (QED) is 0.861. The summed E-state index contributed by atoms with van der Waals surface area (Å²) in [6, 6.07) is 9.76. The Morgan fingerprint density at radius 1 is 1.13 bits per heavy atom. The zero-order chi connectivity index (χ0) is 16.4. The van der Waals surface area contributed by atoms with Crippen LogP contribution in [0.15, 0.2) is 42.5 Å². The Morgan fingerprint density at radius 2 is 1.87 bits per heavy atom. The maximum absolute atomic E-state index is 14.3. The third kappa shape index (κ3) is 2.90. The zero-order valence-corrected chi connectivity index (χ0v) is 12.5. The van der Waals surface area contributed by atoms with E-state index in [0.717, 1.165) is 11.8 Å². The lowest BCUT2D eigenvalue weighted by Crippen LogP contribution is -2.27. The molecule has 3 rings (SSSR count). The summed E-state index contributed by atoms with van der Waals surface area (Å²) in [5, 5.41) is 9.34. The van der Waals surface area contributed by atoms with Gasteiger partial charge in [0.2, 0.25) is 0 Å². The summed E-state index contributed by atoms with van der Waals surface area (Å²) >= 11 is 0. The highest BCUT2D eigenvalue weighted by molar-refractivity contribution is 5.65. The number of rotatable bonds is 5. The van der Waals surface area contributed by atoms with Gasteiger partial charge in [0.1, 0.15) is 17.9 Å². The normalized spacial score (nSPS) is 20.5. The fraction of sp³-hybridized carbons (Fsp3) is 0.278. The molecule has 1 aliphatic rings. The molecule has 2 aromatic carbocycles. The molecule has 5 heteroatoms. The fourth-order valence-electron chi connectivity index (χ4n) is 3.29. The molecule has 1 heterocycles. The topological polar surface area (TPSA) is 40.5 Å². The van der Waals surface area contributed by atoms with E-state index in [2.05, 4.69) is 0 Å². The number of halogens is 2. The minimum Gasteiger partial charge on any atom is -0.396 e. The van der Waals surface area contributed by atoms with E-state index in [1.807, 2.05) is 4.90 Å². The van der Waals surface area contributed by atoms with Crippen molar-refractivity contribution in [3.8, 4) is 0 Å². The van der Waals surface area contributed by atoms with Crippen LogP contribution < -0.4 is 0 Å². The molecular weight excluding hydrogens is 300 g/mol. The Morgan fingerprint density at radius 3 is 2.52 bits per heavy atom. The molecule has 0 saturated carbocycles. The van der Waals surface area contributed by atoms with Crippen molar-refractivity contribution in [1.29, 1.82) is 0 Å². The van der Waals surface area contributed by atoms with Crippen molar-refractivity contribution >= 4 is 6.29 Å². The first-order valence-electron chi connectivity index (χ1n) is 7.50. The lowest BCUT2D eigenvalue weighted by atomic mass is 10.00. The minimum absolute atomic E-state index is 0.107. The first-order chi connectivity index (χ1) is 11.2. The highest BCUT2D eigenvalue weighted by atomic mass is 19.1. The summed E-state index contributed by atoms with van der Waals surface area (Å²) < 4.78 is 27.3. The zero-order valence-electron chi connectivity index (χ0n) is 12.5. The highest BCUT2D eigenvalue weighted by Crippen LogP contribution is 2.44. The molecule has 0 bridgehead atoms. The van der Waals surface area contributed by atoms with E-state index in [1.54, 1.807) is 24.3 Å². The van der Waals surface area contributed by atoms with Gasteiger partial charge in [-0.15, -0.1) is 0 Å². The van der Waals surface area contributed by atoms with Crippen LogP contribution in [0, 0.1) is 11.6 Å². The molecule has 0 aromatic heterocycles. The Balaban J connectivity index is 1.98. The van der Waals surface area contributed by atoms with Gasteiger partial charge in [-0.1, -0.05) is 24.3 Å². The molecular formula is C18H17F2NO2. The third-order valence-corrected chi connectivity index (χ3v) is 4.31. The second-order valence-corrected chi connectivity index (χ2v) is 5.65. The average Bonchev–Trinajstić information content (AvgIpc) is 2.84. The molecule has 3 nitrogen and oxygen atoms in total. The summed E-state index contributed by atoms with van der Waals surface area (Å²) in [6.07, 6.45) is 1.12. The van der Waals surface area contributed by atoms with Crippen LogP contribution in [0.5, 0.6) is 0 Å². The molecule has 0 fully saturated rings. The number of carbonyl (C=O) groups excluding carboxylic acids is 1. The van der Waals surface area contributed by atoms with Crippen LogP contribution >= 0.6 is 0 Å². The number of aldehydes is 1. The maximum Gasteiger partial charge on any atom is 0.141 e. The lowest BCUT2D eigenvalue weighted by Gasteiger charge is -2.28. The molecule has 1 N–H and O–H groups in total. The molecule has 0 aliphatic carbocycles. The molecule has 120 valence electrons. The van der Waals surface area contributed by atoms with Crippen LogP contribution in [-0.4, -0.2) is 22.9 Å². The molecule has 23 heavy (non-hydrogen) atoms. The first-order valence-corrected chi connectivity index (χ1v) is 7.50. The third-order valence-electron chi connectivity index (χ3n) is 4.31. The summed E-state index contributed by atoms with van der Waals surface area (Å²) in [5.74, 6) is -0.697. The van der Waals surface area contributed by atoms with Gasteiger partial charge in [-0.2, -0.15) is 0 Å². The second-order valence-electron chi connectivity index (χ2n) is 5.65. The van der Waals surface area contributed by atoms with Crippen LogP contribution in [0.4, 0.5) is 8.78 Å². The first kappa shape index (κ1) is 15.8. The highest BCUT2D eigenvalue weighted by Gasteiger charge is 2.39. The maximum atomic E-state index is 14.3. The predicted octanol–water partition coefficient (Wildman–Crippen LogP) is 3.14. The van der Waals surface area contributed by atoms with Crippen molar-refractivity contribution in [3.63, 3.8) is 0 Å². The van der Waals surface area contributed by atoms with Crippen LogP contribution in [0.1, 0.15) is 35.2 Å². The molecule has 2 aromatic rings. The van der Waals surface area contributed by atoms with Gasteiger partial charge in [-0.3, -0.25) is 4.90 Å². The van der Waals surface area contributed by atoms with Gasteiger partial charge >= 0.3 is 0 Å². The average molecular weight is 317 g/mol. The molecule has 0 radical (unpaired) electrons. The van der Waals surface area contributed by atoms with Gasteiger partial charge in [0.15, 0.2) is 0 Å². The van der Waals surface area contributed by atoms with Gasteiger partial charge in [0.05, 0.1) is 6.04 Å². The number of benzene rings is 2.